The number of thiazole rings is 1. The van der Waals surface area contributed by atoms with Gasteiger partial charge in [-0.25, -0.2) is 9.78 Å². The van der Waals surface area contributed by atoms with Crippen molar-refractivity contribution in [1.82, 2.24) is 9.88 Å². The van der Waals surface area contributed by atoms with E-state index in [9.17, 15) is 4.79 Å². The van der Waals surface area contributed by atoms with Gasteiger partial charge in [-0.2, -0.15) is 0 Å². The summed E-state index contributed by atoms with van der Waals surface area (Å²) in [4.78, 5) is 18.4. The quantitative estimate of drug-likeness (QED) is 0.783. The fourth-order valence-corrected chi connectivity index (χ4v) is 3.63. The molecule has 2 amide bonds. The Kier molecular flexibility index (Phi) is 5.24. The summed E-state index contributed by atoms with van der Waals surface area (Å²) in [6.45, 7) is 6.01. The number of nitrogens with one attached hydrogen (secondary N) is 2. The molecule has 0 aliphatic carbocycles. The lowest BCUT2D eigenvalue weighted by atomic mass is 9.88. The summed E-state index contributed by atoms with van der Waals surface area (Å²) in [6, 6.07) is 8.10. The molecule has 25 heavy (non-hydrogen) atoms. The predicted octanol–water partition coefficient (Wildman–Crippen LogP) is 3.20. The number of rotatable bonds is 4. The second-order valence-corrected chi connectivity index (χ2v) is 7.60. The van der Waals surface area contributed by atoms with E-state index < -0.39 is 0 Å². The molecule has 0 saturated carbocycles. The number of nitrogens with two attached hydrogens (primary N) is 1. The molecule has 7 heteroatoms. The summed E-state index contributed by atoms with van der Waals surface area (Å²) < 4.78 is 0. The van der Waals surface area contributed by atoms with Crippen molar-refractivity contribution in [2.24, 2.45) is 5.73 Å². The first-order chi connectivity index (χ1) is 12.0. The molecule has 1 aromatic carbocycles. The van der Waals surface area contributed by atoms with Crippen LogP contribution >= 0.6 is 11.3 Å². The van der Waals surface area contributed by atoms with E-state index in [0.717, 1.165) is 24.2 Å². The largest absolute Gasteiger partial charge is 0.383 e. The summed E-state index contributed by atoms with van der Waals surface area (Å²) in [7, 11) is 0. The van der Waals surface area contributed by atoms with Gasteiger partial charge in [0.1, 0.15) is 0 Å². The predicted molar refractivity (Wildman–Crippen MR) is 103 cm³/mol. The minimum Gasteiger partial charge on any atom is -0.383 e. The van der Waals surface area contributed by atoms with Crippen LogP contribution in [0.3, 0.4) is 0 Å². The molecular formula is C18H25N5OS. The Bertz CT molecular complexity index is 737. The number of carbonyl (C=O) groups is 1. The Morgan fingerprint density at radius 2 is 2.04 bits per heavy atom. The molecule has 1 aliphatic heterocycles. The van der Waals surface area contributed by atoms with Crippen LogP contribution in [0.4, 0.5) is 15.6 Å². The SMILES string of the molecule is Cc1csc(NC(=O)N2CCC(N)(CNc3ccccc3C)CC2)n1. The molecule has 0 spiro atoms. The van der Waals surface area contributed by atoms with E-state index >= 15 is 0 Å². The van der Waals surface area contributed by atoms with E-state index in [1.165, 1.54) is 16.9 Å². The minimum absolute atomic E-state index is 0.0942. The number of para-hydroxylation sites is 1. The average Bonchev–Trinajstić information content (AvgIpc) is 2.99. The molecule has 2 heterocycles. The molecule has 4 N–H and O–H groups in total. The van der Waals surface area contributed by atoms with Crippen molar-refractivity contribution in [1.29, 1.82) is 0 Å². The van der Waals surface area contributed by atoms with Crippen molar-refractivity contribution in [3.05, 3.63) is 40.9 Å². The van der Waals surface area contributed by atoms with Gasteiger partial charge in [0.15, 0.2) is 5.13 Å². The summed E-state index contributed by atoms with van der Waals surface area (Å²) >= 11 is 1.44. The van der Waals surface area contributed by atoms with Crippen molar-refractivity contribution < 1.29 is 4.79 Å². The number of aromatic nitrogens is 1. The van der Waals surface area contributed by atoms with Crippen LogP contribution in [0.15, 0.2) is 29.6 Å². The highest BCUT2D eigenvalue weighted by atomic mass is 32.1. The van der Waals surface area contributed by atoms with Gasteiger partial charge in [-0.05, 0) is 38.3 Å². The highest BCUT2D eigenvalue weighted by molar-refractivity contribution is 7.13. The van der Waals surface area contributed by atoms with Gasteiger partial charge in [-0.3, -0.25) is 5.32 Å². The summed E-state index contributed by atoms with van der Waals surface area (Å²) in [5.74, 6) is 0. The number of piperidine rings is 1. The number of anilines is 2. The first-order valence-corrected chi connectivity index (χ1v) is 9.40. The number of benzene rings is 1. The van der Waals surface area contributed by atoms with Gasteiger partial charge < -0.3 is 16.0 Å². The van der Waals surface area contributed by atoms with Crippen LogP contribution in [0, 0.1) is 13.8 Å². The molecule has 0 atom stereocenters. The third kappa shape index (κ3) is 4.49. The zero-order valence-electron chi connectivity index (χ0n) is 14.7. The molecule has 1 fully saturated rings. The molecule has 2 aromatic rings. The number of hydrogen-bond acceptors (Lipinski definition) is 5. The minimum atomic E-state index is -0.295. The number of amides is 2. The van der Waals surface area contributed by atoms with Crippen LogP contribution in [0.25, 0.3) is 0 Å². The number of nitrogens with zero attached hydrogens (tertiary/aromatic N) is 2. The number of carbonyl (C=O) groups excluding carboxylic acids is 1. The maximum absolute atomic E-state index is 12.3. The highest BCUT2D eigenvalue weighted by Gasteiger charge is 2.32. The molecule has 0 radical (unpaired) electrons. The maximum atomic E-state index is 12.3. The van der Waals surface area contributed by atoms with E-state index in [2.05, 4.69) is 34.7 Å². The van der Waals surface area contributed by atoms with Crippen LogP contribution in [-0.4, -0.2) is 41.1 Å². The molecule has 1 aliphatic rings. The fraction of sp³-hybridized carbons (Fsp3) is 0.444. The standard InChI is InChI=1S/C18H25N5OS/c1-13-5-3-4-6-15(13)20-12-18(19)7-9-23(10-8-18)17(24)22-16-21-14(2)11-25-16/h3-6,11,20H,7-10,12,19H2,1-2H3,(H,21,22,24). The second-order valence-electron chi connectivity index (χ2n) is 6.74. The molecule has 0 unspecified atom stereocenters. The van der Waals surface area contributed by atoms with E-state index in [1.807, 2.05) is 29.3 Å². The smallest absolute Gasteiger partial charge is 0.323 e. The number of hydrogen-bond donors (Lipinski definition) is 3. The van der Waals surface area contributed by atoms with Gasteiger partial charge in [0.05, 0.1) is 5.69 Å². The maximum Gasteiger partial charge on any atom is 0.323 e. The molecule has 6 nitrogen and oxygen atoms in total. The van der Waals surface area contributed by atoms with Crippen LogP contribution < -0.4 is 16.4 Å². The van der Waals surface area contributed by atoms with E-state index in [4.69, 9.17) is 5.73 Å². The fourth-order valence-electron chi connectivity index (χ4n) is 2.96. The molecule has 0 bridgehead atoms. The van der Waals surface area contributed by atoms with Crippen molar-refractivity contribution >= 4 is 28.2 Å². The molecule has 3 rings (SSSR count). The lowest BCUT2D eigenvalue weighted by Gasteiger charge is -2.39. The van der Waals surface area contributed by atoms with E-state index in [0.29, 0.717) is 24.8 Å². The zero-order chi connectivity index (χ0) is 17.9. The lowest BCUT2D eigenvalue weighted by molar-refractivity contribution is 0.174. The van der Waals surface area contributed by atoms with E-state index in [1.54, 1.807) is 0 Å². The Hall–Kier alpha value is -2.12. The molecule has 1 saturated heterocycles. The second kappa shape index (κ2) is 7.41. The number of aryl methyl sites for hydroxylation is 2. The van der Waals surface area contributed by atoms with Gasteiger partial charge in [0.2, 0.25) is 0 Å². The van der Waals surface area contributed by atoms with Gasteiger partial charge >= 0.3 is 6.03 Å². The number of urea groups is 1. The van der Waals surface area contributed by atoms with Crippen molar-refractivity contribution in [2.75, 3.05) is 30.3 Å². The van der Waals surface area contributed by atoms with Crippen LogP contribution in [0.5, 0.6) is 0 Å². The Labute approximate surface area is 152 Å². The van der Waals surface area contributed by atoms with Crippen LogP contribution in [-0.2, 0) is 0 Å². The van der Waals surface area contributed by atoms with Gasteiger partial charge in [-0.1, -0.05) is 18.2 Å². The average molecular weight is 359 g/mol. The zero-order valence-corrected chi connectivity index (χ0v) is 15.5. The third-order valence-corrected chi connectivity index (χ3v) is 5.53. The van der Waals surface area contributed by atoms with Crippen LogP contribution in [0.1, 0.15) is 24.1 Å². The first kappa shape index (κ1) is 17.7. The third-order valence-electron chi connectivity index (χ3n) is 4.66. The Balaban J connectivity index is 1.50. The normalized spacial score (nSPS) is 16.5. The Morgan fingerprint density at radius 3 is 2.68 bits per heavy atom. The molecule has 134 valence electrons. The van der Waals surface area contributed by atoms with Gasteiger partial charge in [0.25, 0.3) is 0 Å². The van der Waals surface area contributed by atoms with Gasteiger partial charge in [0, 0.05) is 36.2 Å². The van der Waals surface area contributed by atoms with Gasteiger partial charge in [-0.15, -0.1) is 11.3 Å². The Morgan fingerprint density at radius 1 is 1.32 bits per heavy atom. The summed E-state index contributed by atoms with van der Waals surface area (Å²) in [5, 5.41) is 8.89. The lowest BCUT2D eigenvalue weighted by Crippen LogP contribution is -2.56. The van der Waals surface area contributed by atoms with Crippen molar-refractivity contribution in [3.8, 4) is 0 Å². The first-order valence-electron chi connectivity index (χ1n) is 8.52. The monoisotopic (exact) mass is 359 g/mol. The summed E-state index contributed by atoms with van der Waals surface area (Å²) in [5.41, 5.74) is 9.50. The topological polar surface area (TPSA) is 83.3 Å². The highest BCUT2D eigenvalue weighted by Crippen LogP contribution is 2.23. The van der Waals surface area contributed by atoms with E-state index in [-0.39, 0.29) is 11.6 Å². The summed E-state index contributed by atoms with van der Waals surface area (Å²) in [6.07, 6.45) is 1.55. The molecular weight excluding hydrogens is 334 g/mol. The van der Waals surface area contributed by atoms with Crippen molar-refractivity contribution in [3.63, 3.8) is 0 Å². The number of likely N-dealkylation sites (tertiary alicyclic amines) is 1. The van der Waals surface area contributed by atoms with Crippen molar-refractivity contribution in [2.45, 2.75) is 32.2 Å². The van der Waals surface area contributed by atoms with Crippen LogP contribution in [0.2, 0.25) is 0 Å². The molecule has 1 aromatic heterocycles.